The number of benzene rings is 1. The summed E-state index contributed by atoms with van der Waals surface area (Å²) < 4.78 is 10.4. The summed E-state index contributed by atoms with van der Waals surface area (Å²) in [4.78, 5) is 10.7. The van der Waals surface area contributed by atoms with Crippen molar-refractivity contribution in [1.29, 1.82) is 0 Å². The molecule has 17 heavy (non-hydrogen) atoms. The fraction of sp³-hybridized carbons (Fsp3) is 0.167. The number of carboxylic acid groups (broad SMARTS) is 1. The zero-order chi connectivity index (χ0) is 11.8. The number of aromatic nitrogens is 1. The van der Waals surface area contributed by atoms with Gasteiger partial charge in [0.2, 0.25) is 0 Å². The molecule has 0 amide bonds. The lowest BCUT2D eigenvalue weighted by molar-refractivity contribution is 0.0686. The molecule has 0 fully saturated rings. The Morgan fingerprint density at radius 2 is 2.24 bits per heavy atom. The van der Waals surface area contributed by atoms with E-state index in [9.17, 15) is 4.79 Å². The van der Waals surface area contributed by atoms with Gasteiger partial charge in [-0.25, -0.2) is 4.79 Å². The highest BCUT2D eigenvalue weighted by Gasteiger charge is 2.16. The SMILES string of the molecule is O=C(O)c1cc(-c2ccc3c(c2)OCC3)on1. The van der Waals surface area contributed by atoms with E-state index >= 15 is 0 Å². The molecule has 1 aromatic carbocycles. The number of hydrogen-bond acceptors (Lipinski definition) is 4. The second kappa shape index (κ2) is 3.62. The monoisotopic (exact) mass is 231 g/mol. The fourth-order valence-electron chi connectivity index (χ4n) is 1.83. The molecule has 0 saturated heterocycles. The smallest absolute Gasteiger partial charge is 0.358 e. The highest BCUT2D eigenvalue weighted by molar-refractivity contribution is 5.86. The standard InChI is InChI=1S/C12H9NO4/c14-12(15)9-6-11(17-13-9)8-2-1-7-3-4-16-10(7)5-8/h1-2,5-6H,3-4H2,(H,14,15). The third-order valence-corrected chi connectivity index (χ3v) is 2.71. The number of carboxylic acids is 1. The van der Waals surface area contributed by atoms with Crippen LogP contribution in [0.15, 0.2) is 28.8 Å². The summed E-state index contributed by atoms with van der Waals surface area (Å²) in [5.74, 6) is 0.161. The Morgan fingerprint density at radius 3 is 3.00 bits per heavy atom. The first-order valence-corrected chi connectivity index (χ1v) is 5.20. The number of ether oxygens (including phenoxy) is 1. The van der Waals surface area contributed by atoms with E-state index in [4.69, 9.17) is 14.4 Å². The molecule has 86 valence electrons. The molecule has 0 bridgehead atoms. The highest BCUT2D eigenvalue weighted by atomic mass is 16.5. The number of carbonyl (C=O) groups is 1. The predicted molar refractivity (Wildman–Crippen MR) is 58.1 cm³/mol. The van der Waals surface area contributed by atoms with E-state index in [0.29, 0.717) is 12.4 Å². The molecule has 0 atom stereocenters. The van der Waals surface area contributed by atoms with Crippen LogP contribution in [0.5, 0.6) is 5.75 Å². The van der Waals surface area contributed by atoms with Crippen LogP contribution in [-0.2, 0) is 6.42 Å². The maximum absolute atomic E-state index is 10.7. The molecule has 0 unspecified atom stereocenters. The molecule has 0 aliphatic carbocycles. The summed E-state index contributed by atoms with van der Waals surface area (Å²) in [6.07, 6.45) is 0.909. The molecule has 0 saturated carbocycles. The first-order valence-electron chi connectivity index (χ1n) is 5.20. The Bertz CT molecular complexity index is 588. The third-order valence-electron chi connectivity index (χ3n) is 2.71. The van der Waals surface area contributed by atoms with Gasteiger partial charge in [-0.2, -0.15) is 0 Å². The van der Waals surface area contributed by atoms with Crippen molar-refractivity contribution >= 4 is 5.97 Å². The lowest BCUT2D eigenvalue weighted by Gasteiger charge is -2.00. The second-order valence-corrected chi connectivity index (χ2v) is 3.80. The van der Waals surface area contributed by atoms with Crippen molar-refractivity contribution in [3.8, 4) is 17.1 Å². The summed E-state index contributed by atoms with van der Waals surface area (Å²) >= 11 is 0. The highest BCUT2D eigenvalue weighted by Crippen LogP contribution is 2.31. The second-order valence-electron chi connectivity index (χ2n) is 3.80. The van der Waals surface area contributed by atoms with Crippen LogP contribution >= 0.6 is 0 Å². The third kappa shape index (κ3) is 1.65. The van der Waals surface area contributed by atoms with Crippen LogP contribution in [0.3, 0.4) is 0 Å². The molecular weight excluding hydrogens is 222 g/mol. The van der Waals surface area contributed by atoms with E-state index in [1.54, 1.807) is 0 Å². The van der Waals surface area contributed by atoms with Crippen molar-refractivity contribution in [3.05, 3.63) is 35.5 Å². The van der Waals surface area contributed by atoms with Gasteiger partial charge in [0.15, 0.2) is 11.5 Å². The molecule has 3 rings (SSSR count). The molecule has 2 aromatic rings. The average Bonchev–Trinajstić information content (AvgIpc) is 2.97. The van der Waals surface area contributed by atoms with Crippen LogP contribution in [0.25, 0.3) is 11.3 Å². The Kier molecular flexibility index (Phi) is 2.11. The summed E-state index contributed by atoms with van der Waals surface area (Å²) in [7, 11) is 0. The number of aromatic carboxylic acids is 1. The van der Waals surface area contributed by atoms with Crippen molar-refractivity contribution in [2.45, 2.75) is 6.42 Å². The first-order chi connectivity index (χ1) is 8.24. The number of hydrogen-bond donors (Lipinski definition) is 1. The van der Waals surface area contributed by atoms with Crippen LogP contribution in [0.2, 0.25) is 0 Å². The number of fused-ring (bicyclic) bond motifs is 1. The summed E-state index contributed by atoms with van der Waals surface area (Å²) in [5, 5.41) is 12.2. The molecule has 0 radical (unpaired) electrons. The van der Waals surface area contributed by atoms with Crippen molar-refractivity contribution < 1.29 is 19.2 Å². The van der Waals surface area contributed by atoms with Gasteiger partial charge in [-0.3, -0.25) is 0 Å². The average molecular weight is 231 g/mol. The van der Waals surface area contributed by atoms with Crippen molar-refractivity contribution in [2.24, 2.45) is 0 Å². The summed E-state index contributed by atoms with van der Waals surface area (Å²) in [6, 6.07) is 7.08. The van der Waals surface area contributed by atoms with E-state index in [1.807, 2.05) is 18.2 Å². The van der Waals surface area contributed by atoms with Crippen LogP contribution in [0.4, 0.5) is 0 Å². The summed E-state index contributed by atoms with van der Waals surface area (Å²) in [6.45, 7) is 0.690. The Balaban J connectivity index is 2.00. The minimum Gasteiger partial charge on any atom is -0.493 e. The molecule has 5 nitrogen and oxygen atoms in total. The number of rotatable bonds is 2. The molecule has 1 aliphatic rings. The fourth-order valence-corrected chi connectivity index (χ4v) is 1.83. The molecule has 5 heteroatoms. The van der Waals surface area contributed by atoms with Crippen LogP contribution < -0.4 is 4.74 Å². The zero-order valence-corrected chi connectivity index (χ0v) is 8.84. The zero-order valence-electron chi connectivity index (χ0n) is 8.84. The van der Waals surface area contributed by atoms with E-state index in [-0.39, 0.29) is 5.69 Å². The quantitative estimate of drug-likeness (QED) is 0.855. The molecule has 1 aliphatic heterocycles. The lowest BCUT2D eigenvalue weighted by atomic mass is 10.1. The normalized spacial score (nSPS) is 13.2. The summed E-state index contributed by atoms with van der Waals surface area (Å²) in [5.41, 5.74) is 1.83. The minimum atomic E-state index is -1.10. The minimum absolute atomic E-state index is 0.0959. The molecular formula is C12H9NO4. The topological polar surface area (TPSA) is 72.6 Å². The van der Waals surface area contributed by atoms with Crippen molar-refractivity contribution in [3.63, 3.8) is 0 Å². The van der Waals surface area contributed by atoms with Crippen LogP contribution in [-0.4, -0.2) is 22.8 Å². The van der Waals surface area contributed by atoms with E-state index in [1.165, 1.54) is 6.07 Å². The van der Waals surface area contributed by atoms with Gasteiger partial charge in [-0.05, 0) is 11.6 Å². The van der Waals surface area contributed by atoms with Gasteiger partial charge < -0.3 is 14.4 Å². The Morgan fingerprint density at radius 1 is 1.35 bits per heavy atom. The van der Waals surface area contributed by atoms with E-state index in [2.05, 4.69) is 5.16 Å². The van der Waals surface area contributed by atoms with Crippen molar-refractivity contribution in [1.82, 2.24) is 5.16 Å². The number of nitrogens with zero attached hydrogens (tertiary/aromatic N) is 1. The van der Waals surface area contributed by atoms with Crippen LogP contribution in [0.1, 0.15) is 16.1 Å². The van der Waals surface area contributed by atoms with Gasteiger partial charge in [0.05, 0.1) is 6.61 Å². The van der Waals surface area contributed by atoms with Gasteiger partial charge in [0.1, 0.15) is 5.75 Å². The van der Waals surface area contributed by atoms with Gasteiger partial charge in [0.25, 0.3) is 0 Å². The largest absolute Gasteiger partial charge is 0.493 e. The van der Waals surface area contributed by atoms with E-state index < -0.39 is 5.97 Å². The van der Waals surface area contributed by atoms with Crippen molar-refractivity contribution in [2.75, 3.05) is 6.61 Å². The van der Waals surface area contributed by atoms with Gasteiger partial charge >= 0.3 is 5.97 Å². The van der Waals surface area contributed by atoms with Crippen LogP contribution in [0, 0.1) is 0 Å². The van der Waals surface area contributed by atoms with E-state index in [0.717, 1.165) is 23.3 Å². The Labute approximate surface area is 96.6 Å². The molecule has 0 spiro atoms. The maximum Gasteiger partial charge on any atom is 0.358 e. The molecule has 1 aromatic heterocycles. The molecule has 2 heterocycles. The molecule has 1 N–H and O–H groups in total. The Hall–Kier alpha value is -2.30. The maximum atomic E-state index is 10.7. The van der Waals surface area contributed by atoms with Gasteiger partial charge in [0, 0.05) is 18.1 Å². The first kappa shape index (κ1) is 9.89. The lowest BCUT2D eigenvalue weighted by Crippen LogP contribution is -1.94. The predicted octanol–water partition coefficient (Wildman–Crippen LogP) is 1.97. The van der Waals surface area contributed by atoms with Gasteiger partial charge in [-0.15, -0.1) is 0 Å². The van der Waals surface area contributed by atoms with Gasteiger partial charge in [-0.1, -0.05) is 17.3 Å².